The summed E-state index contributed by atoms with van der Waals surface area (Å²) in [6.45, 7) is 15.5. The lowest BCUT2D eigenvalue weighted by Gasteiger charge is -2.26. The van der Waals surface area contributed by atoms with Gasteiger partial charge in [-0.05, 0) is 57.0 Å². The molecule has 1 aliphatic heterocycles. The van der Waals surface area contributed by atoms with Crippen LogP contribution in [0.2, 0.25) is 0 Å². The largest absolute Gasteiger partial charge is 0.626 e. The Morgan fingerprint density at radius 1 is 1.03 bits per heavy atom. The fraction of sp³-hybridized carbons (Fsp3) is 0.258. The van der Waals surface area contributed by atoms with Gasteiger partial charge < -0.3 is 9.73 Å². The zero-order valence-corrected chi connectivity index (χ0v) is 20.7. The molecule has 0 atom stereocenters. The molecule has 0 spiro atoms. The molecule has 5 rings (SSSR count). The molecule has 0 N–H and O–H groups in total. The summed E-state index contributed by atoms with van der Waals surface area (Å²) in [6, 6.07) is 17.4. The minimum absolute atomic E-state index is 0.0266. The van der Waals surface area contributed by atoms with Gasteiger partial charge >= 0.3 is 0 Å². The molecular weight excluding hydrogens is 416 g/mol. The van der Waals surface area contributed by atoms with E-state index in [-0.39, 0.29) is 5.41 Å². The average molecular weight is 449 g/mol. The van der Waals surface area contributed by atoms with Gasteiger partial charge in [0.2, 0.25) is 5.69 Å². The standard InChI is InChI=1S/C31H32N2O/c1-20(2)15-24-19-34-30-26(24)11-12-28(32-30)22-13-14-33(6)29(18-22)23-16-21-9-7-8-10-25(21)27(17-23)31(3,4)5/h7-14,16-20H,6,15H2,1-5H3. The first-order chi connectivity index (χ1) is 16.2. The van der Waals surface area contributed by atoms with E-state index < -0.39 is 0 Å². The lowest BCUT2D eigenvalue weighted by Crippen LogP contribution is -2.22. The molecule has 1 aliphatic rings. The van der Waals surface area contributed by atoms with Crippen molar-refractivity contribution in [1.82, 2.24) is 0 Å². The maximum Gasteiger partial charge on any atom is 0.217 e. The predicted molar refractivity (Wildman–Crippen MR) is 141 cm³/mol. The van der Waals surface area contributed by atoms with Crippen molar-refractivity contribution in [2.75, 3.05) is 0 Å². The Hall–Kier alpha value is -3.59. The predicted octanol–water partition coefficient (Wildman–Crippen LogP) is 7.36. The van der Waals surface area contributed by atoms with Crippen molar-refractivity contribution in [3.63, 3.8) is 0 Å². The van der Waals surface area contributed by atoms with Crippen LogP contribution in [0.25, 0.3) is 39.1 Å². The van der Waals surface area contributed by atoms with E-state index in [1.54, 1.807) is 0 Å². The van der Waals surface area contributed by atoms with Crippen LogP contribution in [0.3, 0.4) is 0 Å². The Morgan fingerprint density at radius 3 is 2.59 bits per heavy atom. The third kappa shape index (κ3) is 4.07. The maximum absolute atomic E-state index is 5.82. The number of hydrogen-bond acceptors (Lipinski definition) is 1. The van der Waals surface area contributed by atoms with Crippen LogP contribution >= 0.6 is 0 Å². The van der Waals surface area contributed by atoms with Gasteiger partial charge in [-0.25, -0.2) is 0 Å². The first-order valence-electron chi connectivity index (χ1n) is 12.0. The lowest BCUT2D eigenvalue weighted by molar-refractivity contribution is -0.486. The second-order valence-corrected chi connectivity index (χ2v) is 10.7. The number of furan rings is 1. The molecule has 0 amide bonds. The average Bonchev–Trinajstić information content (AvgIpc) is 3.19. The van der Waals surface area contributed by atoms with E-state index in [4.69, 9.17) is 9.73 Å². The third-order valence-corrected chi connectivity index (χ3v) is 6.44. The molecule has 4 aromatic rings. The van der Waals surface area contributed by atoms with Crippen molar-refractivity contribution < 1.29 is 8.66 Å². The summed E-state index contributed by atoms with van der Waals surface area (Å²) in [5, 5.41) is 8.43. The Labute approximate surface area is 201 Å². The Kier molecular flexibility index (Phi) is 5.44. The highest BCUT2D eigenvalue weighted by molar-refractivity contribution is 5.91. The van der Waals surface area contributed by atoms with Crippen LogP contribution in [0.1, 0.15) is 51.3 Å². The molecule has 0 fully saturated rings. The Balaban J connectivity index is 1.63. The number of aromatic nitrogens is 1. The summed E-state index contributed by atoms with van der Waals surface area (Å²) in [4.78, 5) is 0. The summed E-state index contributed by atoms with van der Waals surface area (Å²) >= 11 is 0. The minimum atomic E-state index is 0.0266. The Bertz CT molecular complexity index is 1530. The molecule has 2 aromatic carbocycles. The fourth-order valence-corrected chi connectivity index (χ4v) is 4.74. The molecule has 0 unspecified atom stereocenters. The van der Waals surface area contributed by atoms with Gasteiger partial charge in [0, 0.05) is 29.1 Å². The van der Waals surface area contributed by atoms with Crippen molar-refractivity contribution in [2.24, 2.45) is 5.92 Å². The van der Waals surface area contributed by atoms with Crippen molar-refractivity contribution in [3.8, 4) is 11.3 Å². The van der Waals surface area contributed by atoms with Crippen LogP contribution in [0.15, 0.2) is 71.5 Å². The van der Waals surface area contributed by atoms with Gasteiger partial charge in [0.15, 0.2) is 6.20 Å². The topological polar surface area (TPSA) is 33.1 Å². The zero-order valence-electron chi connectivity index (χ0n) is 20.7. The number of benzene rings is 2. The fourth-order valence-electron chi connectivity index (χ4n) is 4.74. The molecule has 0 saturated heterocycles. The molecule has 0 bridgehead atoms. The lowest BCUT2D eigenvalue weighted by atomic mass is 9.82. The van der Waals surface area contributed by atoms with Gasteiger partial charge in [0.05, 0.1) is 6.26 Å². The van der Waals surface area contributed by atoms with Crippen LogP contribution in [0, 0.1) is 12.6 Å². The molecule has 3 heterocycles. The molecule has 0 saturated carbocycles. The molecular formula is C31H32N2O. The number of nitrogens with zero attached hydrogens (tertiary/aromatic N) is 2. The molecule has 3 heteroatoms. The summed E-state index contributed by atoms with van der Waals surface area (Å²) in [5.41, 5.74) is 6.79. The molecule has 34 heavy (non-hydrogen) atoms. The van der Waals surface area contributed by atoms with Gasteiger partial charge in [0.1, 0.15) is 6.72 Å². The van der Waals surface area contributed by atoms with Crippen molar-refractivity contribution in [3.05, 3.63) is 101 Å². The van der Waals surface area contributed by atoms with Gasteiger partial charge in [0.25, 0.3) is 0 Å². The first kappa shape index (κ1) is 22.2. The third-order valence-electron chi connectivity index (χ3n) is 6.44. The van der Waals surface area contributed by atoms with Crippen molar-refractivity contribution in [1.29, 1.82) is 0 Å². The summed E-state index contributed by atoms with van der Waals surface area (Å²) < 4.78 is 7.76. The highest BCUT2D eigenvalue weighted by Gasteiger charge is 2.20. The first-order valence-corrected chi connectivity index (χ1v) is 12.0. The van der Waals surface area contributed by atoms with Gasteiger partial charge in [-0.2, -0.15) is 4.24 Å². The Morgan fingerprint density at radius 2 is 1.82 bits per heavy atom. The number of pyridine rings is 1. The van der Waals surface area contributed by atoms with Crippen molar-refractivity contribution >= 4 is 28.4 Å². The monoisotopic (exact) mass is 448 g/mol. The SMILES string of the molecule is C=[n+]1ccc(=C2C=Cc3c(CC(C)C)coc3[N-]2)cc1-c1cc(C(C)(C)C)c2ccccc2c1. The molecule has 0 radical (unpaired) electrons. The summed E-state index contributed by atoms with van der Waals surface area (Å²) in [7, 11) is 0. The van der Waals surface area contributed by atoms with E-state index in [0.29, 0.717) is 11.8 Å². The summed E-state index contributed by atoms with van der Waals surface area (Å²) in [5.74, 6) is 1.27. The highest BCUT2D eigenvalue weighted by Crippen LogP contribution is 2.39. The number of fused-ring (bicyclic) bond motifs is 2. The second kappa shape index (κ2) is 8.32. The maximum atomic E-state index is 5.82. The summed E-state index contributed by atoms with van der Waals surface area (Å²) in [6.07, 6.45) is 9.08. The zero-order chi connectivity index (χ0) is 24.0. The normalized spacial score (nSPS) is 15.0. The van der Waals surface area contributed by atoms with Crippen LogP contribution in [0.4, 0.5) is 5.88 Å². The molecule has 2 aromatic heterocycles. The quantitative estimate of drug-likeness (QED) is 0.301. The highest BCUT2D eigenvalue weighted by atomic mass is 16.3. The van der Waals surface area contributed by atoms with E-state index >= 15 is 0 Å². The van der Waals surface area contributed by atoms with E-state index in [2.05, 4.69) is 102 Å². The van der Waals surface area contributed by atoms with Crippen molar-refractivity contribution in [2.45, 2.75) is 46.5 Å². The van der Waals surface area contributed by atoms with Gasteiger partial charge in [-0.15, -0.1) is 5.70 Å². The number of hydrogen-bond donors (Lipinski definition) is 0. The molecule has 0 aliphatic carbocycles. The number of rotatable bonds is 3. The van der Waals surface area contributed by atoms with E-state index in [1.165, 1.54) is 21.9 Å². The minimum Gasteiger partial charge on any atom is -0.626 e. The van der Waals surface area contributed by atoms with Crippen LogP contribution in [-0.4, -0.2) is 0 Å². The van der Waals surface area contributed by atoms with Gasteiger partial charge in [-0.3, -0.25) is 0 Å². The van der Waals surface area contributed by atoms with Crippen LogP contribution in [0.5, 0.6) is 0 Å². The second-order valence-electron chi connectivity index (χ2n) is 10.7. The van der Waals surface area contributed by atoms with Crippen LogP contribution < -0.4 is 9.46 Å². The van der Waals surface area contributed by atoms with E-state index in [1.807, 2.05) is 16.7 Å². The van der Waals surface area contributed by atoms with Crippen LogP contribution in [-0.2, 0) is 11.8 Å². The molecule has 3 nitrogen and oxygen atoms in total. The van der Waals surface area contributed by atoms with E-state index in [9.17, 15) is 0 Å². The van der Waals surface area contributed by atoms with Gasteiger partial charge in [-0.1, -0.05) is 71.0 Å². The smallest absolute Gasteiger partial charge is 0.217 e. The molecule has 172 valence electrons. The van der Waals surface area contributed by atoms with E-state index in [0.717, 1.165) is 34.2 Å².